The average Bonchev–Trinajstić information content (AvgIpc) is 3.45. The summed E-state index contributed by atoms with van der Waals surface area (Å²) in [5.41, 5.74) is 2.61. The Bertz CT molecular complexity index is 1250. The minimum atomic E-state index is -0.0151. The van der Waals surface area contributed by atoms with E-state index < -0.39 is 0 Å². The smallest absolute Gasteiger partial charge is 0.245 e. The number of rotatable bonds is 6. The number of aromatic nitrogens is 4. The molecule has 4 aromatic rings. The molecule has 5 rings (SSSR count). The van der Waals surface area contributed by atoms with Crippen LogP contribution >= 0.6 is 0 Å². The van der Waals surface area contributed by atoms with Crippen molar-refractivity contribution in [3.05, 3.63) is 79.8 Å². The predicted octanol–water partition coefficient (Wildman–Crippen LogP) is 4.32. The van der Waals surface area contributed by atoms with Gasteiger partial charge in [-0.2, -0.15) is 5.10 Å². The second kappa shape index (κ2) is 8.63. The molecule has 2 aromatic heterocycles. The molecule has 3 heterocycles. The van der Waals surface area contributed by atoms with Gasteiger partial charge in [-0.05, 0) is 54.8 Å². The molecular formula is C25H23N5O2. The lowest BCUT2D eigenvalue weighted by Gasteiger charge is -2.14. The molecule has 7 heteroatoms. The van der Waals surface area contributed by atoms with Gasteiger partial charge in [0.25, 0.3) is 0 Å². The first-order chi connectivity index (χ1) is 15.7. The van der Waals surface area contributed by atoms with E-state index in [9.17, 15) is 4.79 Å². The van der Waals surface area contributed by atoms with Gasteiger partial charge < -0.3 is 9.64 Å². The molecule has 0 aliphatic carbocycles. The van der Waals surface area contributed by atoms with Crippen LogP contribution in [0.25, 0.3) is 22.3 Å². The molecule has 160 valence electrons. The Morgan fingerprint density at radius 3 is 2.69 bits per heavy atom. The van der Waals surface area contributed by atoms with Gasteiger partial charge in [-0.1, -0.05) is 24.8 Å². The lowest BCUT2D eigenvalue weighted by molar-refractivity contribution is -0.125. The van der Waals surface area contributed by atoms with Gasteiger partial charge >= 0.3 is 0 Å². The van der Waals surface area contributed by atoms with Gasteiger partial charge in [0.1, 0.15) is 23.5 Å². The van der Waals surface area contributed by atoms with Crippen molar-refractivity contribution in [3.63, 3.8) is 0 Å². The van der Waals surface area contributed by atoms with Crippen molar-refractivity contribution in [2.45, 2.75) is 13.0 Å². The standard InChI is InChI=1S/C25H23N5O2/c1-2-23(31)29-13-12-18(15-29)16-30-25-22(14-26-17-27-25)24(28-30)19-8-10-21(11-9-19)32-20-6-4-3-5-7-20/h2-11,14,17-18H,1,12-13,15-16H2. The van der Waals surface area contributed by atoms with Crippen molar-refractivity contribution in [2.75, 3.05) is 13.1 Å². The lowest BCUT2D eigenvalue weighted by atomic mass is 10.1. The van der Waals surface area contributed by atoms with Gasteiger partial charge in [-0.15, -0.1) is 0 Å². The first kappa shape index (κ1) is 19.9. The Morgan fingerprint density at radius 2 is 1.91 bits per heavy atom. The molecule has 1 saturated heterocycles. The highest BCUT2D eigenvalue weighted by atomic mass is 16.5. The van der Waals surface area contributed by atoms with Gasteiger partial charge in [0.05, 0.1) is 5.39 Å². The Balaban J connectivity index is 1.39. The molecule has 0 saturated carbocycles. The molecule has 1 unspecified atom stereocenters. The predicted molar refractivity (Wildman–Crippen MR) is 122 cm³/mol. The first-order valence-electron chi connectivity index (χ1n) is 10.6. The van der Waals surface area contributed by atoms with E-state index in [1.165, 1.54) is 6.08 Å². The van der Waals surface area contributed by atoms with Crippen LogP contribution in [0.5, 0.6) is 11.5 Å². The molecule has 0 spiro atoms. The van der Waals surface area contributed by atoms with Crippen molar-refractivity contribution in [1.29, 1.82) is 0 Å². The van der Waals surface area contributed by atoms with E-state index >= 15 is 0 Å². The van der Waals surface area contributed by atoms with Crippen molar-refractivity contribution in [2.24, 2.45) is 5.92 Å². The van der Waals surface area contributed by atoms with Gasteiger partial charge in [-0.3, -0.25) is 4.79 Å². The molecule has 0 N–H and O–H groups in total. The molecule has 1 aliphatic heterocycles. The minimum absolute atomic E-state index is 0.0151. The molecule has 1 aliphatic rings. The van der Waals surface area contributed by atoms with E-state index in [-0.39, 0.29) is 5.91 Å². The SMILES string of the molecule is C=CC(=O)N1CCC(Cn2nc(-c3ccc(Oc4ccccc4)cc3)c3cncnc32)C1. The van der Waals surface area contributed by atoms with Crippen LogP contribution in [0.3, 0.4) is 0 Å². The maximum atomic E-state index is 11.9. The van der Waals surface area contributed by atoms with Crippen molar-refractivity contribution in [3.8, 4) is 22.8 Å². The number of hydrogen-bond donors (Lipinski definition) is 0. The van der Waals surface area contributed by atoms with Crippen LogP contribution in [0.2, 0.25) is 0 Å². The number of fused-ring (bicyclic) bond motifs is 1. The maximum absolute atomic E-state index is 11.9. The molecule has 7 nitrogen and oxygen atoms in total. The van der Waals surface area contributed by atoms with Crippen LogP contribution in [-0.2, 0) is 11.3 Å². The number of amides is 1. The fourth-order valence-electron chi connectivity index (χ4n) is 4.12. The van der Waals surface area contributed by atoms with Crippen molar-refractivity contribution in [1.82, 2.24) is 24.6 Å². The highest BCUT2D eigenvalue weighted by Gasteiger charge is 2.26. The summed E-state index contributed by atoms with van der Waals surface area (Å²) >= 11 is 0. The number of carbonyl (C=O) groups excluding carboxylic acids is 1. The summed E-state index contributed by atoms with van der Waals surface area (Å²) in [6, 6.07) is 17.6. The van der Waals surface area contributed by atoms with E-state index in [1.807, 2.05) is 64.2 Å². The number of benzene rings is 2. The molecule has 1 atom stereocenters. The molecule has 1 fully saturated rings. The molecule has 2 aromatic carbocycles. The van der Waals surface area contributed by atoms with Crippen LogP contribution in [-0.4, -0.2) is 43.6 Å². The highest BCUT2D eigenvalue weighted by Crippen LogP contribution is 2.30. The maximum Gasteiger partial charge on any atom is 0.245 e. The Kier molecular flexibility index (Phi) is 5.37. The summed E-state index contributed by atoms with van der Waals surface area (Å²) in [4.78, 5) is 22.4. The summed E-state index contributed by atoms with van der Waals surface area (Å²) in [5, 5.41) is 5.78. The normalized spacial score (nSPS) is 15.8. The van der Waals surface area contributed by atoms with E-state index in [4.69, 9.17) is 9.84 Å². The Morgan fingerprint density at radius 1 is 1.12 bits per heavy atom. The molecule has 0 bridgehead atoms. The van der Waals surface area contributed by atoms with Gasteiger partial charge in [0.2, 0.25) is 5.91 Å². The number of ether oxygens (including phenoxy) is 1. The largest absolute Gasteiger partial charge is 0.457 e. The van der Waals surface area contributed by atoms with E-state index in [0.29, 0.717) is 19.0 Å². The van der Waals surface area contributed by atoms with Crippen LogP contribution in [0.15, 0.2) is 79.8 Å². The molecule has 32 heavy (non-hydrogen) atoms. The molecular weight excluding hydrogens is 402 g/mol. The highest BCUT2D eigenvalue weighted by molar-refractivity contribution is 5.90. The third kappa shape index (κ3) is 3.97. The van der Waals surface area contributed by atoms with Crippen molar-refractivity contribution < 1.29 is 9.53 Å². The zero-order valence-electron chi connectivity index (χ0n) is 17.6. The third-order valence-electron chi connectivity index (χ3n) is 5.72. The lowest BCUT2D eigenvalue weighted by Crippen LogP contribution is -2.27. The zero-order chi connectivity index (χ0) is 21.9. The second-order valence-corrected chi connectivity index (χ2v) is 7.87. The van der Waals surface area contributed by atoms with E-state index in [0.717, 1.165) is 46.8 Å². The van der Waals surface area contributed by atoms with Gasteiger partial charge in [0.15, 0.2) is 5.65 Å². The van der Waals surface area contributed by atoms with Crippen LogP contribution in [0, 0.1) is 5.92 Å². The minimum Gasteiger partial charge on any atom is -0.457 e. The van der Waals surface area contributed by atoms with Crippen LogP contribution in [0.4, 0.5) is 0 Å². The summed E-state index contributed by atoms with van der Waals surface area (Å²) in [5.74, 6) is 1.87. The van der Waals surface area contributed by atoms with Gasteiger partial charge in [0, 0.05) is 31.4 Å². The summed E-state index contributed by atoms with van der Waals surface area (Å²) in [6.45, 7) is 5.74. The zero-order valence-corrected chi connectivity index (χ0v) is 17.6. The fourth-order valence-corrected chi connectivity index (χ4v) is 4.12. The third-order valence-corrected chi connectivity index (χ3v) is 5.72. The number of carbonyl (C=O) groups is 1. The van der Waals surface area contributed by atoms with E-state index in [2.05, 4.69) is 16.5 Å². The van der Waals surface area contributed by atoms with Crippen molar-refractivity contribution >= 4 is 16.9 Å². The van der Waals surface area contributed by atoms with Crippen LogP contribution in [0.1, 0.15) is 6.42 Å². The number of likely N-dealkylation sites (tertiary alicyclic amines) is 1. The summed E-state index contributed by atoms with van der Waals surface area (Å²) < 4.78 is 7.84. The topological polar surface area (TPSA) is 73.1 Å². The average molecular weight is 425 g/mol. The molecule has 1 amide bonds. The summed E-state index contributed by atoms with van der Waals surface area (Å²) in [6.07, 6.45) is 5.66. The monoisotopic (exact) mass is 425 g/mol. The fraction of sp³-hybridized carbons (Fsp3) is 0.200. The van der Waals surface area contributed by atoms with Crippen LogP contribution < -0.4 is 4.74 Å². The number of nitrogens with zero attached hydrogens (tertiary/aromatic N) is 5. The Labute approximate surface area is 186 Å². The summed E-state index contributed by atoms with van der Waals surface area (Å²) in [7, 11) is 0. The first-order valence-corrected chi connectivity index (χ1v) is 10.6. The number of para-hydroxylation sites is 1. The van der Waals surface area contributed by atoms with E-state index in [1.54, 1.807) is 12.5 Å². The number of hydrogen-bond acceptors (Lipinski definition) is 5. The Hall–Kier alpha value is -4.00. The molecule has 0 radical (unpaired) electrons. The second-order valence-electron chi connectivity index (χ2n) is 7.87. The van der Waals surface area contributed by atoms with Gasteiger partial charge in [-0.25, -0.2) is 14.6 Å². The quantitative estimate of drug-likeness (QED) is 0.430.